The van der Waals surface area contributed by atoms with Crippen LogP contribution in [0.5, 0.6) is 0 Å². The van der Waals surface area contributed by atoms with Gasteiger partial charge in [-0.25, -0.2) is 0 Å². The average Bonchev–Trinajstić information content (AvgIpc) is 2.99. The second kappa shape index (κ2) is 6.68. The highest BCUT2D eigenvalue weighted by Gasteiger charge is 2.27. The van der Waals surface area contributed by atoms with Gasteiger partial charge in [-0.3, -0.25) is 0 Å². The molecule has 1 N–H and O–H groups in total. The maximum atomic E-state index is 5.44. The van der Waals surface area contributed by atoms with Crippen molar-refractivity contribution in [2.45, 2.75) is 57.4 Å². The van der Waals surface area contributed by atoms with Crippen LogP contribution in [-0.2, 0) is 4.74 Å². The van der Waals surface area contributed by atoms with Gasteiger partial charge in [0.05, 0.1) is 13.2 Å². The van der Waals surface area contributed by atoms with E-state index < -0.39 is 0 Å². The second-order valence-corrected chi connectivity index (χ2v) is 6.08. The van der Waals surface area contributed by atoms with Crippen molar-refractivity contribution >= 4 is 0 Å². The summed E-state index contributed by atoms with van der Waals surface area (Å²) in [6.45, 7) is 4.52. The maximum absolute atomic E-state index is 5.44. The molecule has 1 unspecified atom stereocenters. The molecule has 0 spiro atoms. The van der Waals surface area contributed by atoms with Crippen molar-refractivity contribution in [3.05, 3.63) is 11.7 Å². The summed E-state index contributed by atoms with van der Waals surface area (Å²) in [5.74, 6) is 3.00. The van der Waals surface area contributed by atoms with Gasteiger partial charge in [0.15, 0.2) is 5.82 Å². The first-order chi connectivity index (χ1) is 9.86. The van der Waals surface area contributed by atoms with Crippen molar-refractivity contribution < 1.29 is 9.26 Å². The van der Waals surface area contributed by atoms with Gasteiger partial charge in [-0.05, 0) is 31.6 Å². The summed E-state index contributed by atoms with van der Waals surface area (Å²) in [4.78, 5) is 4.61. The molecule has 0 aromatic carbocycles. The van der Waals surface area contributed by atoms with Gasteiger partial charge in [-0.1, -0.05) is 24.9 Å². The van der Waals surface area contributed by atoms with Crippen molar-refractivity contribution in [1.29, 1.82) is 0 Å². The van der Waals surface area contributed by atoms with Gasteiger partial charge >= 0.3 is 0 Å². The molecule has 2 heterocycles. The number of hydrogen-bond donors (Lipinski definition) is 1. The largest absolute Gasteiger partial charge is 0.378 e. The minimum absolute atomic E-state index is 0.0708. The molecule has 1 aliphatic heterocycles. The van der Waals surface area contributed by atoms with Crippen molar-refractivity contribution in [2.75, 3.05) is 19.8 Å². The monoisotopic (exact) mass is 279 g/mol. The molecule has 0 amide bonds. The zero-order chi connectivity index (χ0) is 13.8. The van der Waals surface area contributed by atoms with Gasteiger partial charge in [0.2, 0.25) is 5.89 Å². The highest BCUT2D eigenvalue weighted by molar-refractivity contribution is 5.00. The smallest absolute Gasteiger partial charge is 0.246 e. The Morgan fingerprint density at radius 2 is 2.10 bits per heavy atom. The van der Waals surface area contributed by atoms with Gasteiger partial charge in [-0.15, -0.1) is 0 Å². The van der Waals surface area contributed by atoms with E-state index >= 15 is 0 Å². The Hall–Kier alpha value is -0.940. The zero-order valence-corrected chi connectivity index (χ0v) is 12.3. The summed E-state index contributed by atoms with van der Waals surface area (Å²) in [5, 5.41) is 7.56. The molecule has 5 heteroatoms. The molecular weight excluding hydrogens is 254 g/mol. The Balaban J connectivity index is 1.57. The quantitative estimate of drug-likeness (QED) is 0.918. The topological polar surface area (TPSA) is 60.2 Å². The number of hydrogen-bond acceptors (Lipinski definition) is 5. The SMILES string of the molecule is CCCC1CCC(c2noc(C3COCCN3)n2)CC1. The third-order valence-electron chi connectivity index (χ3n) is 4.59. The molecule has 20 heavy (non-hydrogen) atoms. The molecule has 0 radical (unpaired) electrons. The number of morpholine rings is 1. The lowest BCUT2D eigenvalue weighted by Crippen LogP contribution is -2.34. The highest BCUT2D eigenvalue weighted by Crippen LogP contribution is 2.36. The number of aromatic nitrogens is 2. The van der Waals surface area contributed by atoms with Crippen molar-refractivity contribution in [3.63, 3.8) is 0 Å². The lowest BCUT2D eigenvalue weighted by molar-refractivity contribution is 0.0659. The summed E-state index contributed by atoms with van der Waals surface area (Å²) in [7, 11) is 0. The fourth-order valence-electron chi connectivity index (χ4n) is 3.40. The van der Waals surface area contributed by atoms with Crippen LogP contribution in [-0.4, -0.2) is 29.9 Å². The van der Waals surface area contributed by atoms with E-state index in [-0.39, 0.29) is 6.04 Å². The van der Waals surface area contributed by atoms with Crippen molar-refractivity contribution in [1.82, 2.24) is 15.5 Å². The van der Waals surface area contributed by atoms with E-state index in [2.05, 4.69) is 22.4 Å². The van der Waals surface area contributed by atoms with E-state index in [1.165, 1.54) is 38.5 Å². The van der Waals surface area contributed by atoms with Crippen LogP contribution < -0.4 is 5.32 Å². The molecule has 3 rings (SSSR count). The molecule has 1 saturated heterocycles. The Bertz CT molecular complexity index is 407. The highest BCUT2D eigenvalue weighted by atomic mass is 16.5. The van der Waals surface area contributed by atoms with Gasteiger partial charge in [0.25, 0.3) is 0 Å². The van der Waals surface area contributed by atoms with Crippen LogP contribution >= 0.6 is 0 Å². The number of rotatable bonds is 4. The predicted octanol–water partition coefficient (Wildman–Crippen LogP) is 2.80. The van der Waals surface area contributed by atoms with Gasteiger partial charge in [-0.2, -0.15) is 4.98 Å². The Kier molecular flexibility index (Phi) is 4.68. The van der Waals surface area contributed by atoms with Crippen LogP contribution in [0.25, 0.3) is 0 Å². The first-order valence-corrected chi connectivity index (χ1v) is 8.01. The average molecular weight is 279 g/mol. The van der Waals surface area contributed by atoms with Crippen LogP contribution in [0, 0.1) is 5.92 Å². The van der Waals surface area contributed by atoms with Gasteiger partial charge in [0, 0.05) is 12.5 Å². The molecule has 2 fully saturated rings. The van der Waals surface area contributed by atoms with E-state index in [1.54, 1.807) is 0 Å². The van der Waals surface area contributed by atoms with Crippen LogP contribution in [0.3, 0.4) is 0 Å². The molecule has 5 nitrogen and oxygen atoms in total. The lowest BCUT2D eigenvalue weighted by Gasteiger charge is -2.26. The fraction of sp³-hybridized carbons (Fsp3) is 0.867. The van der Waals surface area contributed by atoms with Crippen molar-refractivity contribution in [3.8, 4) is 0 Å². The number of ether oxygens (including phenoxy) is 1. The lowest BCUT2D eigenvalue weighted by atomic mass is 9.80. The first kappa shape index (κ1) is 14.0. The second-order valence-electron chi connectivity index (χ2n) is 6.08. The third-order valence-corrected chi connectivity index (χ3v) is 4.59. The molecule has 0 bridgehead atoms. The molecule has 1 aromatic heterocycles. The number of nitrogens with zero attached hydrogens (tertiary/aromatic N) is 2. The molecule has 1 saturated carbocycles. The normalized spacial score (nSPS) is 31.4. The standard InChI is InChI=1S/C15H25N3O2/c1-2-3-11-4-6-12(7-5-11)14-17-15(20-18-14)13-10-19-9-8-16-13/h11-13,16H,2-10H2,1H3. The molecule has 2 aliphatic rings. The van der Waals surface area contributed by atoms with E-state index in [0.717, 1.165) is 24.9 Å². The minimum Gasteiger partial charge on any atom is -0.378 e. The van der Waals surface area contributed by atoms with E-state index in [9.17, 15) is 0 Å². The van der Waals surface area contributed by atoms with E-state index in [4.69, 9.17) is 9.26 Å². The van der Waals surface area contributed by atoms with E-state index in [1.807, 2.05) is 0 Å². The summed E-state index contributed by atoms with van der Waals surface area (Å²) in [6.07, 6.45) is 7.71. The van der Waals surface area contributed by atoms with E-state index in [0.29, 0.717) is 18.4 Å². The Labute approximate surface area is 120 Å². The maximum Gasteiger partial charge on any atom is 0.246 e. The molecule has 1 atom stereocenters. The number of nitrogens with one attached hydrogen (secondary N) is 1. The third kappa shape index (κ3) is 3.20. The molecule has 1 aliphatic carbocycles. The summed E-state index contributed by atoms with van der Waals surface area (Å²) in [6, 6.07) is 0.0708. The van der Waals surface area contributed by atoms with Crippen LogP contribution in [0.1, 0.15) is 69.1 Å². The molecule has 1 aromatic rings. The van der Waals surface area contributed by atoms with Crippen LogP contribution in [0.2, 0.25) is 0 Å². The van der Waals surface area contributed by atoms with Crippen LogP contribution in [0.4, 0.5) is 0 Å². The Morgan fingerprint density at radius 1 is 1.25 bits per heavy atom. The predicted molar refractivity (Wildman–Crippen MR) is 75.5 cm³/mol. The van der Waals surface area contributed by atoms with Crippen molar-refractivity contribution in [2.24, 2.45) is 5.92 Å². The van der Waals surface area contributed by atoms with Crippen LogP contribution in [0.15, 0.2) is 4.52 Å². The van der Waals surface area contributed by atoms with Gasteiger partial charge < -0.3 is 14.6 Å². The van der Waals surface area contributed by atoms with Gasteiger partial charge in [0.1, 0.15) is 6.04 Å². The minimum atomic E-state index is 0.0708. The fourth-order valence-corrected chi connectivity index (χ4v) is 3.40. The summed E-state index contributed by atoms with van der Waals surface area (Å²) >= 11 is 0. The summed E-state index contributed by atoms with van der Waals surface area (Å²) in [5.41, 5.74) is 0. The zero-order valence-electron chi connectivity index (χ0n) is 12.3. The molecule has 112 valence electrons. The summed E-state index contributed by atoms with van der Waals surface area (Å²) < 4.78 is 10.9. The molecular formula is C15H25N3O2. The Morgan fingerprint density at radius 3 is 2.80 bits per heavy atom. The first-order valence-electron chi connectivity index (χ1n) is 8.01.